The van der Waals surface area contributed by atoms with Gasteiger partial charge in [-0.3, -0.25) is 10.1 Å². The van der Waals surface area contributed by atoms with E-state index < -0.39 is 4.92 Å². The van der Waals surface area contributed by atoms with Gasteiger partial charge in [0.1, 0.15) is 11.5 Å². The molecule has 1 N–H and O–H groups in total. The monoisotopic (exact) mass is 286 g/mol. The Balaban J connectivity index is 2.31. The van der Waals surface area contributed by atoms with Crippen molar-refractivity contribution in [1.29, 1.82) is 0 Å². The maximum atomic E-state index is 10.8. The standard InChI is InChI=1S/C16H18N2O3/c1-3-15(17-2)14-9-4-5-10-16(14)21-13-8-6-7-12(11-13)18(19)20/h4-11,15,17H,3H2,1-2H3. The molecule has 1 unspecified atom stereocenters. The third-order valence-electron chi connectivity index (χ3n) is 3.31. The lowest BCUT2D eigenvalue weighted by atomic mass is 10.0. The number of hydrogen-bond acceptors (Lipinski definition) is 4. The van der Waals surface area contributed by atoms with E-state index in [2.05, 4.69) is 12.2 Å². The fraction of sp³-hybridized carbons (Fsp3) is 0.250. The zero-order valence-corrected chi connectivity index (χ0v) is 12.1. The molecule has 0 aromatic heterocycles. The number of nitro groups is 1. The Labute approximate surface area is 123 Å². The average molecular weight is 286 g/mol. The molecule has 0 fully saturated rings. The largest absolute Gasteiger partial charge is 0.457 e. The molecule has 2 aromatic rings. The average Bonchev–Trinajstić information content (AvgIpc) is 2.50. The van der Waals surface area contributed by atoms with Gasteiger partial charge in [0.25, 0.3) is 5.69 Å². The summed E-state index contributed by atoms with van der Waals surface area (Å²) in [4.78, 5) is 10.4. The summed E-state index contributed by atoms with van der Waals surface area (Å²) < 4.78 is 5.84. The minimum atomic E-state index is -0.429. The number of rotatable bonds is 6. The molecule has 0 aliphatic heterocycles. The Morgan fingerprint density at radius 1 is 1.24 bits per heavy atom. The molecule has 0 saturated heterocycles. The first-order valence-corrected chi connectivity index (χ1v) is 6.84. The number of nitrogens with zero attached hydrogens (tertiary/aromatic N) is 1. The third-order valence-corrected chi connectivity index (χ3v) is 3.31. The molecule has 0 aliphatic carbocycles. The minimum absolute atomic E-state index is 0.0191. The topological polar surface area (TPSA) is 64.4 Å². The van der Waals surface area contributed by atoms with Gasteiger partial charge in [0.2, 0.25) is 0 Å². The highest BCUT2D eigenvalue weighted by Gasteiger charge is 2.14. The quantitative estimate of drug-likeness (QED) is 0.642. The summed E-state index contributed by atoms with van der Waals surface area (Å²) in [5.74, 6) is 1.17. The van der Waals surface area contributed by atoms with Crippen LogP contribution in [0.15, 0.2) is 48.5 Å². The Bertz CT molecular complexity index is 624. The summed E-state index contributed by atoms with van der Waals surface area (Å²) in [7, 11) is 1.90. The van der Waals surface area contributed by atoms with E-state index in [0.717, 1.165) is 12.0 Å². The van der Waals surface area contributed by atoms with Crippen LogP contribution in [0.1, 0.15) is 24.9 Å². The molecule has 0 aliphatic rings. The molecule has 0 saturated carbocycles. The van der Waals surface area contributed by atoms with Crippen LogP contribution in [0, 0.1) is 10.1 Å². The molecule has 0 radical (unpaired) electrons. The molecule has 5 nitrogen and oxygen atoms in total. The van der Waals surface area contributed by atoms with Crippen LogP contribution < -0.4 is 10.1 Å². The maximum absolute atomic E-state index is 10.8. The van der Waals surface area contributed by atoms with Crippen molar-refractivity contribution in [1.82, 2.24) is 5.32 Å². The molecule has 0 amide bonds. The number of nitrogens with one attached hydrogen (secondary N) is 1. The second-order valence-electron chi connectivity index (χ2n) is 4.64. The van der Waals surface area contributed by atoms with Crippen molar-refractivity contribution >= 4 is 5.69 Å². The van der Waals surface area contributed by atoms with Gasteiger partial charge in [-0.25, -0.2) is 0 Å². The van der Waals surface area contributed by atoms with E-state index in [-0.39, 0.29) is 11.7 Å². The van der Waals surface area contributed by atoms with Crippen LogP contribution in [0.25, 0.3) is 0 Å². The molecule has 2 rings (SSSR count). The van der Waals surface area contributed by atoms with Gasteiger partial charge in [0, 0.05) is 17.7 Å². The van der Waals surface area contributed by atoms with Crippen molar-refractivity contribution in [2.24, 2.45) is 0 Å². The third kappa shape index (κ3) is 3.58. The first-order valence-electron chi connectivity index (χ1n) is 6.84. The number of hydrogen-bond donors (Lipinski definition) is 1. The van der Waals surface area contributed by atoms with Gasteiger partial charge in [-0.1, -0.05) is 31.2 Å². The number of nitro benzene ring substituents is 1. The van der Waals surface area contributed by atoms with Crippen LogP contribution in [-0.4, -0.2) is 12.0 Å². The molecule has 0 bridgehead atoms. The van der Waals surface area contributed by atoms with E-state index in [1.54, 1.807) is 12.1 Å². The Morgan fingerprint density at radius 2 is 2.00 bits per heavy atom. The van der Waals surface area contributed by atoms with Gasteiger partial charge in [0.05, 0.1) is 11.0 Å². The van der Waals surface area contributed by atoms with Gasteiger partial charge in [-0.05, 0) is 25.6 Å². The molecular formula is C16H18N2O3. The van der Waals surface area contributed by atoms with Gasteiger partial charge in [0.15, 0.2) is 0 Å². The summed E-state index contributed by atoms with van der Waals surface area (Å²) in [6.45, 7) is 2.09. The number of non-ortho nitro benzene ring substituents is 1. The molecule has 2 aromatic carbocycles. The SMILES string of the molecule is CCC(NC)c1ccccc1Oc1cccc([N+](=O)[O-])c1. The molecule has 110 valence electrons. The normalized spacial score (nSPS) is 11.9. The van der Waals surface area contributed by atoms with Crippen molar-refractivity contribution in [3.05, 3.63) is 64.2 Å². The second-order valence-corrected chi connectivity index (χ2v) is 4.64. The van der Waals surface area contributed by atoms with E-state index in [1.807, 2.05) is 31.3 Å². The smallest absolute Gasteiger partial charge is 0.273 e. The highest BCUT2D eigenvalue weighted by Crippen LogP contribution is 2.32. The molecule has 0 spiro atoms. The van der Waals surface area contributed by atoms with E-state index in [1.165, 1.54) is 12.1 Å². The van der Waals surface area contributed by atoms with Crippen molar-refractivity contribution in [3.63, 3.8) is 0 Å². The summed E-state index contributed by atoms with van der Waals surface area (Å²) in [6, 6.07) is 14.1. The lowest BCUT2D eigenvalue weighted by Crippen LogP contribution is -2.15. The molecular weight excluding hydrogens is 268 g/mol. The van der Waals surface area contributed by atoms with Crippen LogP contribution >= 0.6 is 0 Å². The van der Waals surface area contributed by atoms with Gasteiger partial charge in [-0.2, -0.15) is 0 Å². The van der Waals surface area contributed by atoms with Gasteiger partial charge < -0.3 is 10.1 Å². The molecule has 0 heterocycles. The van der Waals surface area contributed by atoms with Crippen LogP contribution in [0.2, 0.25) is 0 Å². The molecule has 5 heteroatoms. The van der Waals surface area contributed by atoms with Gasteiger partial charge in [-0.15, -0.1) is 0 Å². The van der Waals surface area contributed by atoms with E-state index in [0.29, 0.717) is 11.5 Å². The molecule has 21 heavy (non-hydrogen) atoms. The lowest BCUT2D eigenvalue weighted by Gasteiger charge is -2.18. The first kappa shape index (κ1) is 15.0. The van der Waals surface area contributed by atoms with Gasteiger partial charge >= 0.3 is 0 Å². The zero-order valence-electron chi connectivity index (χ0n) is 12.1. The van der Waals surface area contributed by atoms with Crippen LogP contribution in [0.5, 0.6) is 11.5 Å². The highest BCUT2D eigenvalue weighted by atomic mass is 16.6. The minimum Gasteiger partial charge on any atom is -0.457 e. The van der Waals surface area contributed by atoms with Crippen LogP contribution in [-0.2, 0) is 0 Å². The van der Waals surface area contributed by atoms with E-state index in [9.17, 15) is 10.1 Å². The van der Waals surface area contributed by atoms with E-state index >= 15 is 0 Å². The van der Waals surface area contributed by atoms with Crippen molar-refractivity contribution < 1.29 is 9.66 Å². The summed E-state index contributed by atoms with van der Waals surface area (Å²) in [6.07, 6.45) is 0.922. The van der Waals surface area contributed by atoms with Crippen molar-refractivity contribution in [2.75, 3.05) is 7.05 Å². The number of para-hydroxylation sites is 1. The second kappa shape index (κ2) is 6.85. The zero-order chi connectivity index (χ0) is 15.2. The fourth-order valence-corrected chi connectivity index (χ4v) is 2.23. The highest BCUT2D eigenvalue weighted by molar-refractivity contribution is 5.43. The Hall–Kier alpha value is -2.40. The van der Waals surface area contributed by atoms with E-state index in [4.69, 9.17) is 4.74 Å². The predicted octanol–water partition coefficient (Wildman–Crippen LogP) is 4.06. The van der Waals surface area contributed by atoms with Crippen LogP contribution in [0.3, 0.4) is 0 Å². The van der Waals surface area contributed by atoms with Crippen molar-refractivity contribution in [3.8, 4) is 11.5 Å². The summed E-state index contributed by atoms with van der Waals surface area (Å²) in [5, 5.41) is 14.0. The van der Waals surface area contributed by atoms with Crippen LogP contribution in [0.4, 0.5) is 5.69 Å². The Morgan fingerprint density at radius 3 is 2.67 bits per heavy atom. The predicted molar refractivity (Wildman–Crippen MR) is 81.7 cm³/mol. The summed E-state index contributed by atoms with van der Waals surface area (Å²) in [5.41, 5.74) is 1.06. The lowest BCUT2D eigenvalue weighted by molar-refractivity contribution is -0.384. The fourth-order valence-electron chi connectivity index (χ4n) is 2.23. The number of benzene rings is 2. The van der Waals surface area contributed by atoms with Crippen molar-refractivity contribution in [2.45, 2.75) is 19.4 Å². The first-order chi connectivity index (χ1) is 10.2. The summed E-state index contributed by atoms with van der Waals surface area (Å²) >= 11 is 0. The maximum Gasteiger partial charge on any atom is 0.273 e. The number of ether oxygens (including phenoxy) is 1. The Kier molecular flexibility index (Phi) is 4.90. The molecule has 1 atom stereocenters.